The molecule has 0 heterocycles. The molecule has 0 aliphatic heterocycles. The molecule has 1 unspecified atom stereocenters. The molecule has 0 amide bonds. The average Bonchev–Trinajstić information content (AvgIpc) is 2.36. The number of aliphatic hydroxyl groups excluding tert-OH is 3. The van der Waals surface area contributed by atoms with Crippen molar-refractivity contribution in [2.45, 2.75) is 11.7 Å². The summed E-state index contributed by atoms with van der Waals surface area (Å²) in [5.74, 6) is -3.50. The highest BCUT2D eigenvalue weighted by molar-refractivity contribution is 7.87. The Balaban J connectivity index is 0. The van der Waals surface area contributed by atoms with Crippen LogP contribution in [-0.4, -0.2) is 100 Å². The Morgan fingerprint density at radius 3 is 1.41 bits per heavy atom. The molecule has 0 aliphatic rings. The third-order valence-corrected chi connectivity index (χ3v) is 3.33. The fraction of sp³-hybridized carbons (Fsp3) is 0.800. The van der Waals surface area contributed by atoms with Gasteiger partial charge in [0.15, 0.2) is 5.25 Å². The van der Waals surface area contributed by atoms with E-state index in [0.717, 1.165) is 0 Å². The molecule has 132 valence electrons. The molecule has 0 aromatic rings. The molecule has 22 heavy (non-hydrogen) atoms. The Bertz CT molecular complexity index is 409. The third-order valence-electron chi connectivity index (χ3n) is 2.24. The number of carboxylic acid groups (broad SMARTS) is 2. The molecule has 0 aromatic heterocycles. The van der Waals surface area contributed by atoms with E-state index in [0.29, 0.717) is 19.6 Å². The monoisotopic (exact) mass is 347 g/mol. The van der Waals surface area contributed by atoms with Crippen molar-refractivity contribution in [2.24, 2.45) is 0 Å². The molecule has 6 N–H and O–H groups in total. The Morgan fingerprint density at radius 2 is 1.27 bits per heavy atom. The van der Waals surface area contributed by atoms with Gasteiger partial charge in [0.25, 0.3) is 10.1 Å². The molecule has 0 rings (SSSR count). The highest BCUT2D eigenvalue weighted by atomic mass is 32.2. The van der Waals surface area contributed by atoms with E-state index in [1.807, 2.05) is 0 Å². The zero-order chi connectivity index (χ0) is 17.8. The summed E-state index contributed by atoms with van der Waals surface area (Å²) in [6, 6.07) is 0. The first-order chi connectivity index (χ1) is 10.1. The molecule has 1 atom stereocenters. The van der Waals surface area contributed by atoms with Gasteiger partial charge >= 0.3 is 11.9 Å². The zero-order valence-electron chi connectivity index (χ0n) is 11.7. The van der Waals surface area contributed by atoms with Crippen LogP contribution in [0, 0.1) is 0 Å². The first-order valence-electron chi connectivity index (χ1n) is 6.05. The summed E-state index contributed by atoms with van der Waals surface area (Å²) in [4.78, 5) is 21.8. The number of hydrogen-bond donors (Lipinski definition) is 6. The largest absolute Gasteiger partial charge is 0.481 e. The second-order valence-corrected chi connectivity index (χ2v) is 5.55. The smallest absolute Gasteiger partial charge is 0.325 e. The Kier molecular flexibility index (Phi) is 12.8. The van der Waals surface area contributed by atoms with Crippen molar-refractivity contribution in [3.63, 3.8) is 0 Å². The van der Waals surface area contributed by atoms with E-state index in [9.17, 15) is 18.0 Å². The molecule has 0 aromatic carbocycles. The SMILES string of the molecule is O=C(O)CC(C(=O)O)S(=O)(=O)O.OCCN(CCO)CCO. The summed E-state index contributed by atoms with van der Waals surface area (Å²) >= 11 is 0. The zero-order valence-corrected chi connectivity index (χ0v) is 12.5. The molecule has 0 radical (unpaired) electrons. The number of rotatable bonds is 10. The summed E-state index contributed by atoms with van der Waals surface area (Å²) < 4.78 is 28.7. The van der Waals surface area contributed by atoms with E-state index in [4.69, 9.17) is 30.1 Å². The lowest BCUT2D eigenvalue weighted by molar-refractivity contribution is -0.143. The van der Waals surface area contributed by atoms with Crippen molar-refractivity contribution in [2.75, 3.05) is 39.5 Å². The van der Waals surface area contributed by atoms with Gasteiger partial charge in [-0.25, -0.2) is 0 Å². The summed E-state index contributed by atoms with van der Waals surface area (Å²) in [6.07, 6.45) is -1.16. The highest BCUT2D eigenvalue weighted by Crippen LogP contribution is 2.04. The van der Waals surface area contributed by atoms with Gasteiger partial charge in [-0.05, 0) is 0 Å². The van der Waals surface area contributed by atoms with Crippen molar-refractivity contribution >= 4 is 22.1 Å². The second-order valence-electron chi connectivity index (χ2n) is 3.95. The van der Waals surface area contributed by atoms with E-state index in [1.54, 1.807) is 4.90 Å². The van der Waals surface area contributed by atoms with E-state index in [-0.39, 0.29) is 19.8 Å². The number of hydrogen-bond acceptors (Lipinski definition) is 8. The summed E-state index contributed by atoms with van der Waals surface area (Å²) in [5, 5.41) is 39.4. The number of aliphatic hydroxyl groups is 3. The number of carboxylic acids is 2. The van der Waals surface area contributed by atoms with Gasteiger partial charge in [-0.1, -0.05) is 0 Å². The minimum atomic E-state index is -4.84. The molecule has 11 nitrogen and oxygen atoms in total. The summed E-state index contributed by atoms with van der Waals surface area (Å²) in [6.45, 7) is 1.75. The van der Waals surface area contributed by atoms with Gasteiger partial charge < -0.3 is 25.5 Å². The first-order valence-corrected chi connectivity index (χ1v) is 7.56. The Morgan fingerprint density at radius 1 is 0.909 bits per heavy atom. The van der Waals surface area contributed by atoms with Gasteiger partial charge in [0.05, 0.1) is 26.2 Å². The molecule has 0 aliphatic carbocycles. The Labute approximate surface area is 127 Å². The van der Waals surface area contributed by atoms with Crippen LogP contribution in [0.5, 0.6) is 0 Å². The van der Waals surface area contributed by atoms with Crippen LogP contribution in [0.15, 0.2) is 0 Å². The standard InChI is InChI=1S/C6H15NO3.C4H6O7S/c8-4-1-7(2-5-9)3-6-10;5-3(6)1-2(4(7)8)12(9,10)11/h8-10H,1-6H2;2H,1H2,(H,5,6)(H,7,8)(H,9,10,11). The third kappa shape index (κ3) is 12.4. The average molecular weight is 347 g/mol. The number of nitrogens with zero attached hydrogens (tertiary/aromatic N) is 1. The molecule has 0 fully saturated rings. The lowest BCUT2D eigenvalue weighted by Crippen LogP contribution is -2.32. The molecule has 12 heteroatoms. The van der Waals surface area contributed by atoms with Crippen LogP contribution in [-0.2, 0) is 19.7 Å². The molecule has 0 saturated carbocycles. The highest BCUT2D eigenvalue weighted by Gasteiger charge is 2.33. The van der Waals surface area contributed by atoms with Crippen LogP contribution in [0.2, 0.25) is 0 Å². The second kappa shape index (κ2) is 12.3. The van der Waals surface area contributed by atoms with Gasteiger partial charge in [0.2, 0.25) is 0 Å². The molecular weight excluding hydrogens is 326 g/mol. The van der Waals surface area contributed by atoms with Gasteiger partial charge in [-0.2, -0.15) is 8.42 Å². The molecular formula is C10H21NO10S. The van der Waals surface area contributed by atoms with Crippen molar-refractivity contribution in [1.29, 1.82) is 0 Å². The maximum absolute atomic E-state index is 10.2. The summed E-state index contributed by atoms with van der Waals surface area (Å²) in [5.41, 5.74) is 0. The van der Waals surface area contributed by atoms with Gasteiger partial charge in [-0.15, -0.1) is 0 Å². The minimum absolute atomic E-state index is 0.0694. The maximum atomic E-state index is 10.2. The van der Waals surface area contributed by atoms with Crippen LogP contribution in [0.1, 0.15) is 6.42 Å². The predicted molar refractivity (Wildman–Crippen MR) is 72.9 cm³/mol. The lowest BCUT2D eigenvalue weighted by Gasteiger charge is -2.17. The quantitative estimate of drug-likeness (QED) is 0.221. The normalized spacial score (nSPS) is 12.4. The van der Waals surface area contributed by atoms with Crippen LogP contribution in [0.25, 0.3) is 0 Å². The van der Waals surface area contributed by atoms with Crippen LogP contribution >= 0.6 is 0 Å². The number of carbonyl (C=O) groups is 2. The fourth-order valence-corrected chi connectivity index (χ4v) is 1.85. The topological polar surface area (TPSA) is 193 Å². The van der Waals surface area contributed by atoms with Gasteiger partial charge in [0.1, 0.15) is 0 Å². The van der Waals surface area contributed by atoms with Crippen molar-refractivity contribution in [3.8, 4) is 0 Å². The van der Waals surface area contributed by atoms with Crippen molar-refractivity contribution < 1.29 is 48.1 Å². The molecule has 0 bridgehead atoms. The lowest BCUT2D eigenvalue weighted by atomic mass is 10.3. The van der Waals surface area contributed by atoms with Crippen LogP contribution in [0.4, 0.5) is 0 Å². The summed E-state index contributed by atoms with van der Waals surface area (Å²) in [7, 11) is -4.84. The number of aliphatic carboxylic acids is 2. The van der Waals surface area contributed by atoms with Crippen molar-refractivity contribution in [1.82, 2.24) is 4.90 Å². The van der Waals surface area contributed by atoms with Gasteiger partial charge in [-0.3, -0.25) is 19.0 Å². The van der Waals surface area contributed by atoms with E-state index in [2.05, 4.69) is 0 Å². The first kappa shape index (κ1) is 23.0. The fourth-order valence-electron chi connectivity index (χ4n) is 1.24. The maximum Gasteiger partial charge on any atom is 0.325 e. The van der Waals surface area contributed by atoms with E-state index >= 15 is 0 Å². The van der Waals surface area contributed by atoms with Gasteiger partial charge in [0, 0.05) is 19.6 Å². The minimum Gasteiger partial charge on any atom is -0.481 e. The Hall–Kier alpha value is -1.31. The van der Waals surface area contributed by atoms with Crippen LogP contribution in [0.3, 0.4) is 0 Å². The van der Waals surface area contributed by atoms with Crippen LogP contribution < -0.4 is 0 Å². The predicted octanol–water partition coefficient (Wildman–Crippen LogP) is -2.93. The molecule has 0 spiro atoms. The molecule has 0 saturated heterocycles. The van der Waals surface area contributed by atoms with Crippen molar-refractivity contribution in [3.05, 3.63) is 0 Å². The van der Waals surface area contributed by atoms with E-state index < -0.39 is 33.7 Å². The van der Waals surface area contributed by atoms with E-state index in [1.165, 1.54) is 0 Å².